The molecule has 0 atom stereocenters. The summed E-state index contributed by atoms with van der Waals surface area (Å²) in [5.74, 6) is 1.93. The Kier molecular flexibility index (Phi) is 10.2. The minimum absolute atomic E-state index is 0. The molecule has 1 saturated carbocycles. The molecule has 1 rings (SSSR count). The summed E-state index contributed by atoms with van der Waals surface area (Å²) >= 11 is 0. The summed E-state index contributed by atoms with van der Waals surface area (Å²) in [6.45, 7) is 1.04. The van der Waals surface area contributed by atoms with E-state index in [1.165, 1.54) is 44.9 Å². The van der Waals surface area contributed by atoms with Gasteiger partial charge >= 0.3 is 0 Å². The third-order valence-corrected chi connectivity index (χ3v) is 3.27. The normalized spacial score (nSPS) is 17.0. The van der Waals surface area contributed by atoms with Crippen LogP contribution in [0.5, 0.6) is 0 Å². The predicted octanol–water partition coefficient (Wildman–Crippen LogP) is 2.76. The number of unbranched alkanes of at least 4 members (excludes halogenated alkanes) is 1. The van der Waals surface area contributed by atoms with Crippen LogP contribution in [0.1, 0.15) is 44.9 Å². The average molecular weight is 339 g/mol. The number of halogens is 1. The van der Waals surface area contributed by atoms with Gasteiger partial charge in [0.1, 0.15) is 0 Å². The van der Waals surface area contributed by atoms with Gasteiger partial charge in [0, 0.05) is 20.6 Å². The largest absolute Gasteiger partial charge is 0.359 e. The van der Waals surface area contributed by atoms with Crippen molar-refractivity contribution >= 4 is 29.9 Å². The summed E-state index contributed by atoms with van der Waals surface area (Å²) in [4.78, 5) is 4.08. The van der Waals surface area contributed by atoms with Crippen molar-refractivity contribution in [3.63, 3.8) is 0 Å². The number of guanidine groups is 1. The Hall–Kier alpha value is 0. The zero-order chi connectivity index (χ0) is 10.9. The van der Waals surface area contributed by atoms with Crippen LogP contribution in [0, 0.1) is 5.92 Å². The van der Waals surface area contributed by atoms with Crippen molar-refractivity contribution in [2.45, 2.75) is 44.9 Å². The van der Waals surface area contributed by atoms with Crippen LogP contribution in [0.2, 0.25) is 0 Å². The van der Waals surface area contributed by atoms with Crippen LogP contribution in [-0.4, -0.2) is 26.6 Å². The van der Waals surface area contributed by atoms with Crippen molar-refractivity contribution in [1.82, 2.24) is 10.6 Å². The maximum absolute atomic E-state index is 4.08. The van der Waals surface area contributed by atoms with Crippen molar-refractivity contribution in [2.75, 3.05) is 20.6 Å². The Morgan fingerprint density at radius 2 is 1.94 bits per heavy atom. The zero-order valence-electron chi connectivity index (χ0n) is 10.6. The second-order valence-electron chi connectivity index (χ2n) is 4.40. The summed E-state index contributed by atoms with van der Waals surface area (Å²) in [7, 11) is 3.70. The fraction of sp³-hybridized carbons (Fsp3) is 0.917. The van der Waals surface area contributed by atoms with Crippen LogP contribution in [0.3, 0.4) is 0 Å². The molecule has 4 heteroatoms. The Labute approximate surface area is 117 Å². The first-order valence-corrected chi connectivity index (χ1v) is 6.25. The van der Waals surface area contributed by atoms with Crippen LogP contribution < -0.4 is 10.6 Å². The van der Waals surface area contributed by atoms with Crippen molar-refractivity contribution in [3.05, 3.63) is 0 Å². The first-order chi connectivity index (χ1) is 7.36. The average Bonchev–Trinajstić information content (AvgIpc) is 2.76. The summed E-state index contributed by atoms with van der Waals surface area (Å²) < 4.78 is 0. The maximum Gasteiger partial charge on any atom is 0.190 e. The minimum Gasteiger partial charge on any atom is -0.359 e. The molecule has 0 amide bonds. The first-order valence-electron chi connectivity index (χ1n) is 6.25. The first kappa shape index (κ1) is 16.0. The Morgan fingerprint density at radius 3 is 2.50 bits per heavy atom. The monoisotopic (exact) mass is 339 g/mol. The van der Waals surface area contributed by atoms with E-state index in [9.17, 15) is 0 Å². The van der Waals surface area contributed by atoms with Crippen molar-refractivity contribution in [3.8, 4) is 0 Å². The van der Waals surface area contributed by atoms with Gasteiger partial charge in [-0.15, -0.1) is 24.0 Å². The molecule has 0 saturated heterocycles. The van der Waals surface area contributed by atoms with E-state index in [2.05, 4.69) is 15.6 Å². The zero-order valence-corrected chi connectivity index (χ0v) is 12.9. The highest BCUT2D eigenvalue weighted by atomic mass is 127. The minimum atomic E-state index is 0. The molecular formula is C12H26IN3. The lowest BCUT2D eigenvalue weighted by Crippen LogP contribution is -2.35. The van der Waals surface area contributed by atoms with Gasteiger partial charge in [-0.05, 0) is 12.3 Å². The Balaban J connectivity index is 0.00000225. The summed E-state index contributed by atoms with van der Waals surface area (Å²) in [5, 5.41) is 6.31. The standard InChI is InChI=1S/C12H25N3.HI/c1-13-12(14-2)15-10-6-5-9-11-7-3-4-8-11;/h11H,3-10H2,1-2H3,(H2,13,14,15);1H. The molecule has 0 heterocycles. The van der Waals surface area contributed by atoms with Crippen LogP contribution in [0.25, 0.3) is 0 Å². The molecule has 1 fully saturated rings. The van der Waals surface area contributed by atoms with E-state index in [4.69, 9.17) is 0 Å². The summed E-state index contributed by atoms with van der Waals surface area (Å²) in [6, 6.07) is 0. The number of nitrogens with one attached hydrogen (secondary N) is 2. The van der Waals surface area contributed by atoms with Gasteiger partial charge in [0.2, 0.25) is 0 Å². The van der Waals surface area contributed by atoms with Gasteiger partial charge in [0.05, 0.1) is 0 Å². The molecule has 0 aromatic rings. The molecule has 0 aromatic heterocycles. The second kappa shape index (κ2) is 10.2. The summed E-state index contributed by atoms with van der Waals surface area (Å²) in [5.41, 5.74) is 0. The fourth-order valence-corrected chi connectivity index (χ4v) is 2.34. The highest BCUT2D eigenvalue weighted by Gasteiger charge is 2.13. The molecule has 0 aromatic carbocycles. The smallest absolute Gasteiger partial charge is 0.190 e. The third kappa shape index (κ3) is 6.55. The van der Waals surface area contributed by atoms with E-state index < -0.39 is 0 Å². The molecule has 0 radical (unpaired) electrons. The fourth-order valence-electron chi connectivity index (χ4n) is 2.34. The highest BCUT2D eigenvalue weighted by molar-refractivity contribution is 14.0. The van der Waals surface area contributed by atoms with E-state index in [0.717, 1.165) is 18.4 Å². The molecule has 1 aliphatic rings. The van der Waals surface area contributed by atoms with Gasteiger partial charge < -0.3 is 10.6 Å². The number of rotatable bonds is 5. The van der Waals surface area contributed by atoms with E-state index in [-0.39, 0.29) is 24.0 Å². The van der Waals surface area contributed by atoms with Crippen LogP contribution in [-0.2, 0) is 0 Å². The van der Waals surface area contributed by atoms with Crippen LogP contribution in [0.15, 0.2) is 4.99 Å². The second-order valence-corrected chi connectivity index (χ2v) is 4.40. The van der Waals surface area contributed by atoms with Crippen molar-refractivity contribution < 1.29 is 0 Å². The van der Waals surface area contributed by atoms with Crippen LogP contribution >= 0.6 is 24.0 Å². The third-order valence-electron chi connectivity index (χ3n) is 3.27. The highest BCUT2D eigenvalue weighted by Crippen LogP contribution is 2.28. The molecular weight excluding hydrogens is 313 g/mol. The molecule has 1 aliphatic carbocycles. The Morgan fingerprint density at radius 1 is 1.25 bits per heavy atom. The maximum atomic E-state index is 4.08. The lowest BCUT2D eigenvalue weighted by molar-refractivity contribution is 0.472. The van der Waals surface area contributed by atoms with Gasteiger partial charge in [0.25, 0.3) is 0 Å². The van der Waals surface area contributed by atoms with E-state index >= 15 is 0 Å². The molecule has 0 unspecified atom stereocenters. The van der Waals surface area contributed by atoms with E-state index in [1.54, 1.807) is 7.05 Å². The van der Waals surface area contributed by atoms with Crippen LogP contribution in [0.4, 0.5) is 0 Å². The number of hydrogen-bond donors (Lipinski definition) is 2. The predicted molar refractivity (Wildman–Crippen MR) is 81.6 cm³/mol. The number of aliphatic imine (C=N–C) groups is 1. The van der Waals surface area contributed by atoms with Crippen molar-refractivity contribution in [1.29, 1.82) is 0 Å². The SMILES string of the molecule is CN=C(NC)NCCCCC1CCCC1.I. The number of nitrogens with zero attached hydrogens (tertiary/aromatic N) is 1. The van der Waals surface area contributed by atoms with E-state index in [0.29, 0.717) is 0 Å². The number of hydrogen-bond acceptors (Lipinski definition) is 1. The van der Waals surface area contributed by atoms with Crippen molar-refractivity contribution in [2.24, 2.45) is 10.9 Å². The lowest BCUT2D eigenvalue weighted by atomic mass is 10.0. The van der Waals surface area contributed by atoms with E-state index in [1.807, 2.05) is 7.05 Å². The molecule has 0 bridgehead atoms. The van der Waals surface area contributed by atoms with Gasteiger partial charge in [-0.2, -0.15) is 0 Å². The molecule has 3 nitrogen and oxygen atoms in total. The molecule has 16 heavy (non-hydrogen) atoms. The molecule has 0 aliphatic heterocycles. The van der Waals surface area contributed by atoms with Gasteiger partial charge in [0.15, 0.2) is 5.96 Å². The topological polar surface area (TPSA) is 36.4 Å². The molecule has 96 valence electrons. The Bertz CT molecular complexity index is 189. The lowest BCUT2D eigenvalue weighted by Gasteiger charge is -2.10. The van der Waals surface area contributed by atoms with Gasteiger partial charge in [-0.3, -0.25) is 4.99 Å². The summed E-state index contributed by atoms with van der Waals surface area (Å²) in [6.07, 6.45) is 9.94. The van der Waals surface area contributed by atoms with Gasteiger partial charge in [-0.1, -0.05) is 38.5 Å². The molecule has 0 spiro atoms. The van der Waals surface area contributed by atoms with Gasteiger partial charge in [-0.25, -0.2) is 0 Å². The quantitative estimate of drug-likeness (QED) is 0.350. The molecule has 2 N–H and O–H groups in total.